The smallest absolute Gasteiger partial charge is 0.255 e. The van der Waals surface area contributed by atoms with Crippen LogP contribution in [0.4, 0.5) is 17.3 Å². The number of nitrogens with zero attached hydrogens (tertiary/aromatic N) is 7. The lowest BCUT2D eigenvalue weighted by atomic mass is 9.85. The molecule has 0 saturated carbocycles. The summed E-state index contributed by atoms with van der Waals surface area (Å²) in [5.74, 6) is -0.640. The zero-order chi connectivity index (χ0) is 60.7. The number of aliphatic hydroxyl groups is 1. The van der Waals surface area contributed by atoms with Crippen molar-refractivity contribution in [2.45, 2.75) is 124 Å². The average molecular weight is 1190 g/mol. The molecule has 3 aromatic carbocycles. The van der Waals surface area contributed by atoms with E-state index in [1.807, 2.05) is 113 Å². The van der Waals surface area contributed by atoms with Gasteiger partial charge in [0.05, 0.1) is 54.3 Å². The molecule has 6 aromatic rings. The molecule has 2 aliphatic heterocycles. The summed E-state index contributed by atoms with van der Waals surface area (Å²) in [7, 11) is 0. The highest BCUT2D eigenvalue weighted by atomic mass is 32.1. The van der Waals surface area contributed by atoms with Crippen molar-refractivity contribution >= 4 is 52.3 Å². The lowest BCUT2D eigenvalue weighted by Gasteiger charge is -2.35. The van der Waals surface area contributed by atoms with Gasteiger partial charge < -0.3 is 50.4 Å². The lowest BCUT2D eigenvalue weighted by molar-refractivity contribution is -0.144. The van der Waals surface area contributed by atoms with Gasteiger partial charge in [-0.2, -0.15) is 0 Å². The maximum atomic E-state index is 14.0. The third-order valence-corrected chi connectivity index (χ3v) is 16.6. The van der Waals surface area contributed by atoms with E-state index in [-0.39, 0.29) is 49.6 Å². The molecular formula is C66H87N11O8S. The number of hydrogen-bond acceptors (Lipinski definition) is 16. The molecule has 0 aliphatic carbocycles. The Morgan fingerprint density at radius 1 is 0.744 bits per heavy atom. The van der Waals surface area contributed by atoms with Gasteiger partial charge in [0.2, 0.25) is 23.7 Å². The predicted molar refractivity (Wildman–Crippen MR) is 337 cm³/mol. The van der Waals surface area contributed by atoms with E-state index in [0.717, 1.165) is 116 Å². The maximum absolute atomic E-state index is 14.0. The summed E-state index contributed by atoms with van der Waals surface area (Å²) in [6.45, 7) is 19.4. The third-order valence-electron chi connectivity index (χ3n) is 15.6. The first-order valence-corrected chi connectivity index (χ1v) is 31.3. The largest absolute Gasteiger partial charge is 0.391 e. The number of aliphatic hydroxyl groups excluding tert-OH is 1. The van der Waals surface area contributed by atoms with Crippen LogP contribution in [0.3, 0.4) is 0 Å². The Morgan fingerprint density at radius 3 is 2.12 bits per heavy atom. The molecule has 3 atom stereocenters. The molecule has 5 N–H and O–H groups in total. The van der Waals surface area contributed by atoms with E-state index in [1.54, 1.807) is 29.9 Å². The van der Waals surface area contributed by atoms with Crippen LogP contribution in [0, 0.1) is 19.3 Å². The summed E-state index contributed by atoms with van der Waals surface area (Å²) < 4.78 is 17.3. The van der Waals surface area contributed by atoms with E-state index in [0.29, 0.717) is 56.7 Å². The Kier molecular flexibility index (Phi) is 25.1. The van der Waals surface area contributed by atoms with Crippen LogP contribution in [-0.4, -0.2) is 160 Å². The minimum Gasteiger partial charge on any atom is -0.391 e. The fourth-order valence-electron chi connectivity index (χ4n) is 10.6. The maximum Gasteiger partial charge on any atom is 0.255 e. The molecule has 20 heteroatoms. The van der Waals surface area contributed by atoms with Crippen molar-refractivity contribution in [2.24, 2.45) is 5.41 Å². The minimum atomic E-state index is -0.864. The number of rotatable bonds is 32. The van der Waals surface area contributed by atoms with Crippen LogP contribution in [0.2, 0.25) is 0 Å². The topological polar surface area (TPSA) is 226 Å². The van der Waals surface area contributed by atoms with Gasteiger partial charge in [-0.1, -0.05) is 82.5 Å². The molecule has 19 nitrogen and oxygen atoms in total. The van der Waals surface area contributed by atoms with Crippen molar-refractivity contribution in [3.05, 3.63) is 137 Å². The SMILES string of the molecule is Cc1ccc(NC(=O)c2ccc(CN3CCN(CCCCCCOCCOCCOCCCCCC(=O)NC(C(=O)N4CC(O)CC4C(=O)NCc4ccc(-c5scnc5C)cc4)C(C)(C)C)CC3)cc2)cc1Nc1nccc(-c2cccnc2)n1. The van der Waals surface area contributed by atoms with E-state index in [1.165, 1.54) is 23.3 Å². The quantitative estimate of drug-likeness (QED) is 0.0248. The van der Waals surface area contributed by atoms with Crippen molar-refractivity contribution < 1.29 is 38.5 Å². The molecule has 5 heterocycles. The number of carbonyl (C=O) groups is 4. The number of unbranched alkanes of at least 4 members (excludes halogenated alkanes) is 5. The summed E-state index contributed by atoms with van der Waals surface area (Å²) in [6, 6.07) is 25.6. The Morgan fingerprint density at radius 2 is 1.43 bits per heavy atom. The molecule has 460 valence electrons. The molecule has 4 amide bonds. The zero-order valence-electron chi connectivity index (χ0n) is 50.7. The van der Waals surface area contributed by atoms with Gasteiger partial charge in [-0.25, -0.2) is 15.0 Å². The molecule has 8 rings (SSSR count). The number of anilines is 3. The second-order valence-electron chi connectivity index (χ2n) is 23.4. The Balaban J connectivity index is 0.596. The number of aromatic nitrogens is 4. The second-order valence-corrected chi connectivity index (χ2v) is 24.3. The summed E-state index contributed by atoms with van der Waals surface area (Å²) in [5, 5.41) is 22.9. The van der Waals surface area contributed by atoms with E-state index in [4.69, 9.17) is 14.2 Å². The molecule has 0 spiro atoms. The molecule has 2 aliphatic rings. The van der Waals surface area contributed by atoms with Crippen LogP contribution in [-0.2, 0) is 41.7 Å². The number of pyridine rings is 1. The van der Waals surface area contributed by atoms with Crippen molar-refractivity contribution in [3.63, 3.8) is 0 Å². The molecular weight excluding hydrogens is 1110 g/mol. The summed E-state index contributed by atoms with van der Waals surface area (Å²) in [5.41, 5.74) is 10.1. The second kappa shape index (κ2) is 33.2. The summed E-state index contributed by atoms with van der Waals surface area (Å²) >= 11 is 1.58. The molecule has 0 radical (unpaired) electrons. The van der Waals surface area contributed by atoms with E-state index in [9.17, 15) is 24.3 Å². The predicted octanol–water partition coefficient (Wildman–Crippen LogP) is 9.37. The fraction of sp³-hybridized carbons (Fsp3) is 0.485. The van der Waals surface area contributed by atoms with E-state index >= 15 is 0 Å². The number of likely N-dealkylation sites (tertiary alicyclic amines) is 1. The Hall–Kier alpha value is -7.04. The monoisotopic (exact) mass is 1190 g/mol. The third kappa shape index (κ3) is 20.3. The first-order valence-electron chi connectivity index (χ1n) is 30.4. The first-order chi connectivity index (χ1) is 41.7. The van der Waals surface area contributed by atoms with Gasteiger partial charge in [0.15, 0.2) is 0 Å². The molecule has 86 heavy (non-hydrogen) atoms. The number of piperazine rings is 1. The molecule has 0 bridgehead atoms. The molecule has 3 aromatic heterocycles. The van der Waals surface area contributed by atoms with Gasteiger partial charge >= 0.3 is 0 Å². The van der Waals surface area contributed by atoms with Crippen molar-refractivity contribution in [2.75, 3.05) is 89.5 Å². The van der Waals surface area contributed by atoms with Crippen molar-refractivity contribution in [1.82, 2.24) is 45.3 Å². The highest BCUT2D eigenvalue weighted by Gasteiger charge is 2.44. The van der Waals surface area contributed by atoms with Crippen molar-refractivity contribution in [1.29, 1.82) is 0 Å². The summed E-state index contributed by atoms with van der Waals surface area (Å²) in [4.78, 5) is 79.0. The molecule has 3 unspecified atom stereocenters. The standard InChI is InChI=1S/C66H87N11O8S/c1-47-16-25-54(40-57(47)73-65-68-28-26-56(72-65)53-14-13-27-67-43-53)71-62(80)52-23-19-50(20-24-52)44-76-32-30-75(31-33-76)29-10-6-7-11-34-83-36-38-85-39-37-84-35-12-8-9-15-59(79)74-61(66(3,4)5)64(82)77-45-55(78)41-58(77)63(81)69-42-49-17-21-51(22-18-49)60-48(2)70-46-86-60/h13-14,16-28,40,43,46,55,58,61,78H,6-12,15,29-39,41-42,44-45H2,1-5H3,(H,69,81)(H,71,80)(H,74,79)(H,68,72,73). The lowest BCUT2D eigenvalue weighted by Crippen LogP contribution is -2.57. The normalized spacial score (nSPS) is 16.0. The first kappa shape index (κ1) is 64.9. The number of carbonyl (C=O) groups excluding carboxylic acids is 4. The fourth-order valence-corrected chi connectivity index (χ4v) is 11.4. The minimum absolute atomic E-state index is 0.0267. The van der Waals surface area contributed by atoms with Gasteiger partial charge in [0.1, 0.15) is 12.1 Å². The zero-order valence-corrected chi connectivity index (χ0v) is 51.5. The summed E-state index contributed by atoms with van der Waals surface area (Å²) in [6.07, 6.45) is 11.6. The van der Waals surface area contributed by atoms with Crippen molar-refractivity contribution in [3.8, 4) is 21.7 Å². The average Bonchev–Trinajstić information content (AvgIpc) is 4.05. The van der Waals surface area contributed by atoms with Gasteiger partial charge in [0, 0.05) is 113 Å². The number of aryl methyl sites for hydroxylation is 2. The van der Waals surface area contributed by atoms with Crippen LogP contribution in [0.15, 0.2) is 109 Å². The van der Waals surface area contributed by atoms with Gasteiger partial charge in [-0.3, -0.25) is 29.1 Å². The Labute approximate surface area is 511 Å². The van der Waals surface area contributed by atoms with Crippen LogP contribution in [0.1, 0.15) is 111 Å². The Bertz CT molecular complexity index is 3080. The number of benzene rings is 3. The number of β-amino-alcohol motifs (C(OH)–C–C–N with tert-alkyl or cyclic N) is 1. The highest BCUT2D eigenvalue weighted by Crippen LogP contribution is 2.30. The number of thiazole rings is 1. The van der Waals surface area contributed by atoms with Gasteiger partial charge in [-0.05, 0) is 116 Å². The highest BCUT2D eigenvalue weighted by molar-refractivity contribution is 7.13. The van der Waals surface area contributed by atoms with E-state index < -0.39 is 23.6 Å². The molecule has 2 fully saturated rings. The van der Waals surface area contributed by atoms with Crippen LogP contribution >= 0.6 is 11.3 Å². The van der Waals surface area contributed by atoms with Gasteiger partial charge in [0.25, 0.3) is 5.91 Å². The number of hydrogen-bond donors (Lipinski definition) is 5. The number of ether oxygens (including phenoxy) is 3. The van der Waals surface area contributed by atoms with E-state index in [2.05, 4.69) is 63.1 Å². The molecule has 2 saturated heterocycles. The number of nitrogens with one attached hydrogen (secondary N) is 4. The van der Waals surface area contributed by atoms with Gasteiger partial charge in [-0.15, -0.1) is 11.3 Å². The van der Waals surface area contributed by atoms with Crippen LogP contribution in [0.25, 0.3) is 21.7 Å². The van der Waals surface area contributed by atoms with Crippen LogP contribution < -0.4 is 21.3 Å². The van der Waals surface area contributed by atoms with Crippen LogP contribution in [0.5, 0.6) is 0 Å². The number of amides is 4.